The van der Waals surface area contributed by atoms with Gasteiger partial charge in [-0.3, -0.25) is 4.90 Å². The standard InChI is InChI=1S/C13H18FN3O/c14-11-6-2-1-5-10(11)9-17-8-4-3-7-12(17)13(15)16-18/h1-2,5-6,12,18H,3-4,7-9H2,(H2,15,16). The lowest BCUT2D eigenvalue weighted by Crippen LogP contribution is -2.47. The third-order valence-electron chi connectivity index (χ3n) is 3.40. The molecular weight excluding hydrogens is 233 g/mol. The molecule has 1 heterocycles. The van der Waals surface area contributed by atoms with Crippen molar-refractivity contribution in [3.8, 4) is 0 Å². The molecule has 1 aliphatic heterocycles. The fourth-order valence-corrected chi connectivity index (χ4v) is 2.43. The number of piperidine rings is 1. The third-order valence-corrected chi connectivity index (χ3v) is 3.40. The van der Waals surface area contributed by atoms with Crippen molar-refractivity contribution in [1.29, 1.82) is 0 Å². The first-order chi connectivity index (χ1) is 8.72. The van der Waals surface area contributed by atoms with Gasteiger partial charge in [0.15, 0.2) is 5.84 Å². The topological polar surface area (TPSA) is 61.9 Å². The van der Waals surface area contributed by atoms with Gasteiger partial charge in [-0.05, 0) is 25.5 Å². The van der Waals surface area contributed by atoms with E-state index in [0.717, 1.165) is 25.8 Å². The minimum atomic E-state index is -0.207. The number of hydrogen-bond acceptors (Lipinski definition) is 3. The summed E-state index contributed by atoms with van der Waals surface area (Å²) >= 11 is 0. The van der Waals surface area contributed by atoms with Crippen LogP contribution < -0.4 is 5.73 Å². The first-order valence-electron chi connectivity index (χ1n) is 6.17. The molecule has 0 bridgehead atoms. The van der Waals surface area contributed by atoms with E-state index in [1.807, 2.05) is 6.07 Å². The van der Waals surface area contributed by atoms with Gasteiger partial charge >= 0.3 is 0 Å². The Labute approximate surface area is 106 Å². The van der Waals surface area contributed by atoms with Crippen LogP contribution in [-0.2, 0) is 6.54 Å². The molecule has 0 spiro atoms. The van der Waals surface area contributed by atoms with Gasteiger partial charge in [0.2, 0.25) is 0 Å². The van der Waals surface area contributed by atoms with Crippen LogP contribution in [-0.4, -0.2) is 28.5 Å². The first-order valence-corrected chi connectivity index (χ1v) is 6.17. The molecule has 3 N–H and O–H groups in total. The number of nitrogens with zero attached hydrogens (tertiary/aromatic N) is 2. The normalized spacial score (nSPS) is 22.1. The Morgan fingerprint density at radius 1 is 1.44 bits per heavy atom. The third kappa shape index (κ3) is 2.79. The van der Waals surface area contributed by atoms with Crippen molar-refractivity contribution in [2.24, 2.45) is 10.9 Å². The van der Waals surface area contributed by atoms with E-state index in [1.54, 1.807) is 12.1 Å². The van der Waals surface area contributed by atoms with E-state index < -0.39 is 0 Å². The van der Waals surface area contributed by atoms with Gasteiger partial charge in [-0.1, -0.05) is 29.8 Å². The van der Waals surface area contributed by atoms with Gasteiger partial charge in [0, 0.05) is 12.1 Å². The van der Waals surface area contributed by atoms with E-state index in [0.29, 0.717) is 12.1 Å². The maximum Gasteiger partial charge on any atom is 0.156 e. The molecule has 18 heavy (non-hydrogen) atoms. The van der Waals surface area contributed by atoms with Crippen LogP contribution in [0, 0.1) is 5.82 Å². The van der Waals surface area contributed by atoms with E-state index in [-0.39, 0.29) is 17.7 Å². The molecule has 1 unspecified atom stereocenters. The van der Waals surface area contributed by atoms with E-state index in [2.05, 4.69) is 10.1 Å². The molecule has 4 nitrogen and oxygen atoms in total. The molecule has 0 radical (unpaired) electrons. The number of benzene rings is 1. The minimum Gasteiger partial charge on any atom is -0.409 e. The number of rotatable bonds is 3. The quantitative estimate of drug-likeness (QED) is 0.373. The number of likely N-dealkylation sites (tertiary alicyclic amines) is 1. The summed E-state index contributed by atoms with van der Waals surface area (Å²) in [6.45, 7) is 1.34. The largest absolute Gasteiger partial charge is 0.409 e. The Morgan fingerprint density at radius 2 is 2.22 bits per heavy atom. The van der Waals surface area contributed by atoms with Gasteiger partial charge in [0.05, 0.1) is 6.04 Å². The van der Waals surface area contributed by atoms with Crippen LogP contribution >= 0.6 is 0 Å². The molecule has 98 valence electrons. The Morgan fingerprint density at radius 3 is 2.94 bits per heavy atom. The highest BCUT2D eigenvalue weighted by atomic mass is 19.1. The lowest BCUT2D eigenvalue weighted by molar-refractivity contribution is 0.176. The summed E-state index contributed by atoms with van der Waals surface area (Å²) in [4.78, 5) is 2.07. The predicted molar refractivity (Wildman–Crippen MR) is 67.9 cm³/mol. The van der Waals surface area contributed by atoms with E-state index in [9.17, 15) is 4.39 Å². The summed E-state index contributed by atoms with van der Waals surface area (Å²) in [6.07, 6.45) is 2.96. The molecule has 1 fully saturated rings. The van der Waals surface area contributed by atoms with Gasteiger partial charge in [-0.2, -0.15) is 0 Å². The van der Waals surface area contributed by atoms with Crippen LogP contribution in [0.2, 0.25) is 0 Å². The van der Waals surface area contributed by atoms with Crippen molar-refractivity contribution in [1.82, 2.24) is 4.90 Å². The fourth-order valence-electron chi connectivity index (χ4n) is 2.43. The summed E-state index contributed by atoms with van der Waals surface area (Å²) in [5, 5.41) is 11.9. The Bertz CT molecular complexity index is 436. The number of oxime groups is 1. The summed E-state index contributed by atoms with van der Waals surface area (Å²) in [7, 11) is 0. The van der Waals surface area contributed by atoms with Crippen molar-refractivity contribution < 1.29 is 9.60 Å². The molecule has 0 saturated carbocycles. The fraction of sp³-hybridized carbons (Fsp3) is 0.462. The molecule has 1 aromatic rings. The molecular formula is C13H18FN3O. The van der Waals surface area contributed by atoms with Crippen molar-refractivity contribution in [2.45, 2.75) is 31.8 Å². The maximum absolute atomic E-state index is 13.6. The average Bonchev–Trinajstić information content (AvgIpc) is 2.41. The second-order valence-electron chi connectivity index (χ2n) is 4.60. The Kier molecular flexibility index (Phi) is 4.15. The van der Waals surface area contributed by atoms with Crippen molar-refractivity contribution in [3.63, 3.8) is 0 Å². The molecule has 2 rings (SSSR count). The zero-order valence-corrected chi connectivity index (χ0v) is 10.2. The lowest BCUT2D eigenvalue weighted by Gasteiger charge is -2.34. The lowest BCUT2D eigenvalue weighted by atomic mass is 10.0. The van der Waals surface area contributed by atoms with Gasteiger partial charge in [0.1, 0.15) is 5.82 Å². The average molecular weight is 251 g/mol. The molecule has 5 heteroatoms. The van der Waals surface area contributed by atoms with Crippen LogP contribution in [0.3, 0.4) is 0 Å². The van der Waals surface area contributed by atoms with Crippen LogP contribution in [0.25, 0.3) is 0 Å². The van der Waals surface area contributed by atoms with Crippen LogP contribution in [0.1, 0.15) is 24.8 Å². The van der Waals surface area contributed by atoms with Gasteiger partial charge in [-0.15, -0.1) is 0 Å². The van der Waals surface area contributed by atoms with Crippen LogP contribution in [0.4, 0.5) is 4.39 Å². The Balaban J connectivity index is 2.13. The second-order valence-corrected chi connectivity index (χ2v) is 4.60. The molecule has 0 aromatic heterocycles. The predicted octanol–water partition coefficient (Wildman–Crippen LogP) is 1.93. The minimum absolute atomic E-state index is 0.0941. The molecule has 0 aliphatic carbocycles. The highest BCUT2D eigenvalue weighted by Gasteiger charge is 2.26. The Hall–Kier alpha value is -1.62. The summed E-state index contributed by atoms with van der Waals surface area (Å²) in [6, 6.07) is 6.63. The van der Waals surface area contributed by atoms with Gasteiger partial charge in [0.25, 0.3) is 0 Å². The highest BCUT2D eigenvalue weighted by Crippen LogP contribution is 2.20. The van der Waals surface area contributed by atoms with Crippen LogP contribution in [0.5, 0.6) is 0 Å². The number of halogens is 1. The number of nitrogens with two attached hydrogens (primary N) is 1. The molecule has 0 amide bonds. The van der Waals surface area contributed by atoms with E-state index in [1.165, 1.54) is 6.07 Å². The van der Waals surface area contributed by atoms with Crippen LogP contribution in [0.15, 0.2) is 29.4 Å². The molecule has 1 saturated heterocycles. The highest BCUT2D eigenvalue weighted by molar-refractivity contribution is 5.85. The van der Waals surface area contributed by atoms with Gasteiger partial charge < -0.3 is 10.9 Å². The molecule has 1 aliphatic rings. The van der Waals surface area contributed by atoms with Crippen molar-refractivity contribution in [3.05, 3.63) is 35.6 Å². The van der Waals surface area contributed by atoms with Crippen molar-refractivity contribution >= 4 is 5.84 Å². The second kappa shape index (κ2) is 5.82. The smallest absolute Gasteiger partial charge is 0.156 e. The zero-order valence-electron chi connectivity index (χ0n) is 10.2. The number of hydrogen-bond donors (Lipinski definition) is 2. The summed E-state index contributed by atoms with van der Waals surface area (Å²) in [5.41, 5.74) is 6.34. The van der Waals surface area contributed by atoms with E-state index in [4.69, 9.17) is 10.9 Å². The SMILES string of the molecule is NC(=NO)C1CCCCN1Cc1ccccc1F. The number of amidine groups is 1. The summed E-state index contributed by atoms with van der Waals surface area (Å²) < 4.78 is 13.6. The maximum atomic E-state index is 13.6. The summed E-state index contributed by atoms with van der Waals surface area (Å²) in [5.74, 6) is 0.00683. The zero-order chi connectivity index (χ0) is 13.0. The van der Waals surface area contributed by atoms with Crippen molar-refractivity contribution in [2.75, 3.05) is 6.54 Å². The van der Waals surface area contributed by atoms with E-state index >= 15 is 0 Å². The molecule has 1 atom stereocenters. The molecule has 1 aromatic carbocycles. The van der Waals surface area contributed by atoms with Gasteiger partial charge in [-0.25, -0.2) is 4.39 Å². The first kappa shape index (κ1) is 12.8. The monoisotopic (exact) mass is 251 g/mol.